The largest absolute Gasteiger partial charge is 0.490 e. The van der Waals surface area contributed by atoms with Crippen LogP contribution in [-0.2, 0) is 0 Å². The molecule has 2 rings (SSSR count). The van der Waals surface area contributed by atoms with Crippen LogP contribution in [0.15, 0.2) is 30.5 Å². The van der Waals surface area contributed by atoms with E-state index < -0.39 is 0 Å². The molecular formula is C14H14N2O. The van der Waals surface area contributed by atoms with Gasteiger partial charge in [-0.1, -0.05) is 0 Å². The van der Waals surface area contributed by atoms with Crippen LogP contribution < -0.4 is 10.5 Å². The van der Waals surface area contributed by atoms with E-state index in [0.29, 0.717) is 12.3 Å². The standard InChI is InChI=1S/C14H14N2O/c1-2-3-4-10-17-13-8-7-12(15)11-6-5-9-16-14(11)13/h5-9H,4,10,15H2,1H3. The van der Waals surface area contributed by atoms with Gasteiger partial charge in [-0.05, 0) is 31.2 Å². The zero-order valence-electron chi connectivity index (χ0n) is 9.73. The van der Waals surface area contributed by atoms with Gasteiger partial charge in [0.25, 0.3) is 0 Å². The van der Waals surface area contributed by atoms with E-state index in [2.05, 4.69) is 16.8 Å². The molecule has 0 saturated carbocycles. The highest BCUT2D eigenvalue weighted by Gasteiger charge is 2.05. The van der Waals surface area contributed by atoms with Crippen molar-refractivity contribution in [1.29, 1.82) is 0 Å². The molecule has 1 aromatic carbocycles. The smallest absolute Gasteiger partial charge is 0.145 e. The number of rotatable bonds is 3. The van der Waals surface area contributed by atoms with Crippen molar-refractivity contribution >= 4 is 16.6 Å². The predicted octanol–water partition coefficient (Wildman–Crippen LogP) is 2.61. The number of aromatic nitrogens is 1. The fourth-order valence-electron chi connectivity index (χ4n) is 1.62. The van der Waals surface area contributed by atoms with Crippen molar-refractivity contribution in [2.75, 3.05) is 12.3 Å². The molecule has 86 valence electrons. The maximum atomic E-state index is 5.88. The van der Waals surface area contributed by atoms with Gasteiger partial charge in [-0.25, -0.2) is 0 Å². The molecule has 2 N–H and O–H groups in total. The van der Waals surface area contributed by atoms with Crippen LogP contribution in [0.1, 0.15) is 13.3 Å². The van der Waals surface area contributed by atoms with Gasteiger partial charge in [0.1, 0.15) is 11.3 Å². The number of nitrogens with two attached hydrogens (primary N) is 1. The predicted molar refractivity (Wildman–Crippen MR) is 69.7 cm³/mol. The zero-order chi connectivity index (χ0) is 12.1. The fourth-order valence-corrected chi connectivity index (χ4v) is 1.62. The summed E-state index contributed by atoms with van der Waals surface area (Å²) in [6.07, 6.45) is 2.45. The quantitative estimate of drug-likeness (QED) is 0.497. The summed E-state index contributed by atoms with van der Waals surface area (Å²) < 4.78 is 5.66. The molecule has 0 unspecified atom stereocenters. The van der Waals surface area contributed by atoms with Crippen LogP contribution in [-0.4, -0.2) is 11.6 Å². The van der Waals surface area contributed by atoms with Crippen LogP contribution in [0.4, 0.5) is 5.69 Å². The van der Waals surface area contributed by atoms with E-state index in [0.717, 1.165) is 23.1 Å². The van der Waals surface area contributed by atoms with Crippen molar-refractivity contribution in [2.45, 2.75) is 13.3 Å². The molecule has 0 amide bonds. The Morgan fingerprint density at radius 1 is 1.35 bits per heavy atom. The number of hydrogen-bond acceptors (Lipinski definition) is 3. The summed E-state index contributed by atoms with van der Waals surface area (Å²) in [6.45, 7) is 2.39. The van der Waals surface area contributed by atoms with Gasteiger partial charge in [0.15, 0.2) is 0 Å². The summed E-state index contributed by atoms with van der Waals surface area (Å²) in [5.74, 6) is 6.55. The molecule has 0 spiro atoms. The minimum Gasteiger partial charge on any atom is -0.490 e. The second-order valence-corrected chi connectivity index (χ2v) is 3.58. The maximum absolute atomic E-state index is 5.88. The molecule has 0 saturated heterocycles. The SMILES string of the molecule is CC#CCCOc1ccc(N)c2cccnc12. The number of nitrogen functional groups attached to an aromatic ring is 1. The zero-order valence-corrected chi connectivity index (χ0v) is 9.73. The summed E-state index contributed by atoms with van der Waals surface area (Å²) in [5, 5.41) is 0.923. The van der Waals surface area contributed by atoms with E-state index in [1.54, 1.807) is 6.20 Å². The maximum Gasteiger partial charge on any atom is 0.145 e. The number of pyridine rings is 1. The summed E-state index contributed by atoms with van der Waals surface area (Å²) in [7, 11) is 0. The Morgan fingerprint density at radius 2 is 2.24 bits per heavy atom. The molecule has 17 heavy (non-hydrogen) atoms. The normalized spacial score (nSPS) is 9.71. The monoisotopic (exact) mass is 226 g/mol. The Balaban J connectivity index is 2.27. The highest BCUT2D eigenvalue weighted by molar-refractivity contribution is 5.94. The Kier molecular flexibility index (Phi) is 3.46. The van der Waals surface area contributed by atoms with Crippen molar-refractivity contribution in [3.05, 3.63) is 30.5 Å². The topological polar surface area (TPSA) is 48.1 Å². The van der Waals surface area contributed by atoms with Crippen molar-refractivity contribution in [1.82, 2.24) is 4.98 Å². The van der Waals surface area contributed by atoms with Crippen LogP contribution in [0, 0.1) is 11.8 Å². The van der Waals surface area contributed by atoms with Gasteiger partial charge < -0.3 is 10.5 Å². The molecular weight excluding hydrogens is 212 g/mol. The lowest BCUT2D eigenvalue weighted by Crippen LogP contribution is -1.98. The lowest BCUT2D eigenvalue weighted by Gasteiger charge is -2.08. The molecule has 3 nitrogen and oxygen atoms in total. The van der Waals surface area contributed by atoms with Crippen molar-refractivity contribution in [2.24, 2.45) is 0 Å². The second-order valence-electron chi connectivity index (χ2n) is 3.58. The summed E-state index contributed by atoms with van der Waals surface area (Å²) in [6, 6.07) is 7.50. The number of anilines is 1. The van der Waals surface area contributed by atoms with Crippen LogP contribution >= 0.6 is 0 Å². The number of hydrogen-bond donors (Lipinski definition) is 1. The summed E-state index contributed by atoms with van der Waals surface area (Å²) in [5.41, 5.74) is 7.40. The molecule has 2 aromatic rings. The number of nitrogens with zero attached hydrogens (tertiary/aromatic N) is 1. The number of benzene rings is 1. The lowest BCUT2D eigenvalue weighted by atomic mass is 10.2. The highest BCUT2D eigenvalue weighted by atomic mass is 16.5. The third kappa shape index (κ3) is 2.48. The number of fused-ring (bicyclic) bond motifs is 1. The molecule has 0 aliphatic carbocycles. The first-order valence-electron chi connectivity index (χ1n) is 5.48. The third-order valence-corrected chi connectivity index (χ3v) is 2.43. The van der Waals surface area contributed by atoms with Gasteiger partial charge >= 0.3 is 0 Å². The Morgan fingerprint density at radius 3 is 3.06 bits per heavy atom. The van der Waals surface area contributed by atoms with Crippen molar-refractivity contribution in [3.63, 3.8) is 0 Å². The molecule has 0 aliphatic rings. The van der Waals surface area contributed by atoms with E-state index in [-0.39, 0.29) is 0 Å². The van der Waals surface area contributed by atoms with Gasteiger partial charge in [-0.2, -0.15) is 0 Å². The first kappa shape index (κ1) is 11.3. The average molecular weight is 226 g/mol. The van der Waals surface area contributed by atoms with Gasteiger partial charge in [0.2, 0.25) is 0 Å². The van der Waals surface area contributed by atoms with Gasteiger partial charge in [0, 0.05) is 23.7 Å². The van der Waals surface area contributed by atoms with Crippen LogP contribution in [0.2, 0.25) is 0 Å². The highest BCUT2D eigenvalue weighted by Crippen LogP contribution is 2.27. The van der Waals surface area contributed by atoms with E-state index in [9.17, 15) is 0 Å². The van der Waals surface area contributed by atoms with Crippen LogP contribution in [0.25, 0.3) is 10.9 Å². The molecule has 3 heteroatoms. The average Bonchev–Trinajstić information content (AvgIpc) is 2.37. The first-order chi connectivity index (χ1) is 8.33. The second kappa shape index (κ2) is 5.22. The molecule has 1 heterocycles. The Labute approximate surface area is 101 Å². The number of ether oxygens (including phenoxy) is 1. The van der Waals surface area contributed by atoms with Gasteiger partial charge in [-0.15, -0.1) is 11.8 Å². The molecule has 1 aromatic heterocycles. The van der Waals surface area contributed by atoms with Crippen LogP contribution in [0.3, 0.4) is 0 Å². The van der Waals surface area contributed by atoms with Gasteiger partial charge in [0.05, 0.1) is 6.61 Å². The van der Waals surface area contributed by atoms with Gasteiger partial charge in [-0.3, -0.25) is 4.98 Å². The summed E-state index contributed by atoms with van der Waals surface area (Å²) >= 11 is 0. The minimum atomic E-state index is 0.566. The molecule has 0 fully saturated rings. The van der Waals surface area contributed by atoms with Crippen LogP contribution in [0.5, 0.6) is 5.75 Å². The molecule has 0 radical (unpaired) electrons. The first-order valence-corrected chi connectivity index (χ1v) is 5.48. The molecule has 0 bridgehead atoms. The van der Waals surface area contributed by atoms with Crippen molar-refractivity contribution in [3.8, 4) is 17.6 Å². The van der Waals surface area contributed by atoms with Crippen molar-refractivity contribution < 1.29 is 4.74 Å². The minimum absolute atomic E-state index is 0.566. The fraction of sp³-hybridized carbons (Fsp3) is 0.214. The van der Waals surface area contributed by atoms with E-state index in [1.807, 2.05) is 31.2 Å². The Hall–Kier alpha value is -2.21. The Bertz CT molecular complexity index is 582. The molecule has 0 atom stereocenters. The van der Waals surface area contributed by atoms with E-state index >= 15 is 0 Å². The van der Waals surface area contributed by atoms with E-state index in [1.165, 1.54) is 0 Å². The van der Waals surface area contributed by atoms with E-state index in [4.69, 9.17) is 10.5 Å². The summed E-state index contributed by atoms with van der Waals surface area (Å²) in [4.78, 5) is 4.30. The molecule has 0 aliphatic heterocycles. The lowest BCUT2D eigenvalue weighted by molar-refractivity contribution is 0.330. The third-order valence-electron chi connectivity index (χ3n) is 2.43.